The smallest absolute Gasteiger partial charge is 0.255 e. The maximum absolute atomic E-state index is 12.1. The lowest BCUT2D eigenvalue weighted by molar-refractivity contribution is 0.598. The second-order valence-electron chi connectivity index (χ2n) is 5.10. The summed E-state index contributed by atoms with van der Waals surface area (Å²) in [6.45, 7) is 0. The van der Waals surface area contributed by atoms with E-state index in [0.29, 0.717) is 11.4 Å². The predicted octanol–water partition coefficient (Wildman–Crippen LogP) is 3.64. The van der Waals surface area contributed by atoms with Crippen LogP contribution >= 0.6 is 0 Å². The van der Waals surface area contributed by atoms with Gasteiger partial charge in [-0.2, -0.15) is 12.8 Å². The maximum atomic E-state index is 12.1. The Balaban J connectivity index is 1.79. The van der Waals surface area contributed by atoms with Crippen molar-refractivity contribution in [3.05, 3.63) is 90.3 Å². The van der Waals surface area contributed by atoms with E-state index in [1.807, 2.05) is 30.3 Å². The zero-order chi connectivity index (χ0) is 17.5. The van der Waals surface area contributed by atoms with Crippen LogP contribution in [0.3, 0.4) is 0 Å². The summed E-state index contributed by atoms with van der Waals surface area (Å²) in [6, 6.07) is 22.8. The molecule has 1 heterocycles. The molecule has 0 bridgehead atoms. The third-order valence-electron chi connectivity index (χ3n) is 3.26. The molecule has 0 N–H and O–H groups in total. The summed E-state index contributed by atoms with van der Waals surface area (Å²) < 4.78 is 28.0. The second kappa shape index (κ2) is 7.63. The van der Waals surface area contributed by atoms with E-state index in [2.05, 4.69) is 14.4 Å². The molecule has 3 aromatic rings. The van der Waals surface area contributed by atoms with Gasteiger partial charge in [-0.1, -0.05) is 42.5 Å². The van der Waals surface area contributed by atoms with Gasteiger partial charge in [-0.05, 0) is 36.4 Å². The molecule has 0 aliphatic carbocycles. The number of para-hydroxylation sites is 1. The summed E-state index contributed by atoms with van der Waals surface area (Å²) in [7, 11) is -3.73. The van der Waals surface area contributed by atoms with Crippen molar-refractivity contribution in [3.63, 3.8) is 0 Å². The third-order valence-corrected chi connectivity index (χ3v) is 4.51. The molecule has 0 spiro atoms. The quantitative estimate of drug-likeness (QED) is 0.660. The van der Waals surface area contributed by atoms with E-state index in [1.54, 1.807) is 42.6 Å². The number of aromatic nitrogens is 1. The Morgan fingerprint density at radius 3 is 2.00 bits per heavy atom. The van der Waals surface area contributed by atoms with E-state index in [4.69, 9.17) is 0 Å². The predicted molar refractivity (Wildman–Crippen MR) is 99.2 cm³/mol. The van der Waals surface area contributed by atoms with Crippen LogP contribution in [0.1, 0.15) is 11.4 Å². The fraction of sp³-hybridized carbons (Fsp3) is 0. The van der Waals surface area contributed by atoms with Gasteiger partial charge in [0, 0.05) is 0 Å². The number of pyridine rings is 1. The number of sulfonamides is 1. The van der Waals surface area contributed by atoms with Gasteiger partial charge >= 0.3 is 0 Å². The summed E-state index contributed by atoms with van der Waals surface area (Å²) in [5.41, 5.74) is 1.87. The summed E-state index contributed by atoms with van der Waals surface area (Å²) in [5, 5.41) is 0. The third kappa shape index (κ3) is 4.68. The largest absolute Gasteiger partial charge is 0.282 e. The highest BCUT2D eigenvalue weighted by molar-refractivity contribution is 7.90. The number of aliphatic imine (C=N–C) groups is 1. The Bertz CT molecular complexity index is 999. The van der Waals surface area contributed by atoms with E-state index in [-0.39, 0.29) is 4.90 Å². The number of rotatable bonds is 5. The molecule has 0 amide bonds. The minimum absolute atomic E-state index is 0.146. The Morgan fingerprint density at radius 1 is 0.720 bits per heavy atom. The Kier molecular flexibility index (Phi) is 5.11. The van der Waals surface area contributed by atoms with Crippen molar-refractivity contribution in [2.75, 3.05) is 0 Å². The molecule has 6 heteroatoms. The van der Waals surface area contributed by atoms with Crippen LogP contribution in [0, 0.1) is 0 Å². The van der Waals surface area contributed by atoms with Crippen molar-refractivity contribution < 1.29 is 8.42 Å². The summed E-state index contributed by atoms with van der Waals surface area (Å²) in [6.07, 6.45) is 2.86. The van der Waals surface area contributed by atoms with E-state index in [0.717, 1.165) is 5.69 Å². The highest BCUT2D eigenvalue weighted by Gasteiger charge is 2.10. The van der Waals surface area contributed by atoms with Gasteiger partial charge in [0.25, 0.3) is 10.0 Å². The topological polar surface area (TPSA) is 71.8 Å². The average molecular weight is 349 g/mol. The van der Waals surface area contributed by atoms with E-state index in [1.165, 1.54) is 18.3 Å². The number of nitrogens with zero attached hydrogens (tertiary/aromatic N) is 3. The first-order valence-corrected chi connectivity index (χ1v) is 8.99. The molecule has 5 nitrogen and oxygen atoms in total. The summed E-state index contributed by atoms with van der Waals surface area (Å²) >= 11 is 0. The minimum atomic E-state index is -3.73. The Labute approximate surface area is 146 Å². The molecule has 2 aromatic carbocycles. The molecule has 0 radical (unpaired) electrons. The zero-order valence-electron chi connectivity index (χ0n) is 13.2. The van der Waals surface area contributed by atoms with Gasteiger partial charge in [0.1, 0.15) is 0 Å². The van der Waals surface area contributed by atoms with Crippen LogP contribution in [-0.2, 0) is 10.0 Å². The minimum Gasteiger partial charge on any atom is -0.255 e. The standard InChI is InChI=1S/C19H15N3O2S/c23-25(24,19-12-5-2-6-13-19)21-15-18-11-7-10-17(22-18)14-20-16-8-3-1-4-9-16/h1-15H/b20-14?,21-15+. The molecule has 3 rings (SSSR count). The highest BCUT2D eigenvalue weighted by Crippen LogP contribution is 2.11. The Hall–Kier alpha value is -3.12. The lowest BCUT2D eigenvalue weighted by atomic mass is 10.3. The first-order valence-electron chi connectivity index (χ1n) is 7.55. The molecule has 0 unspecified atom stereocenters. The van der Waals surface area contributed by atoms with Gasteiger partial charge in [0.05, 0.1) is 34.4 Å². The molecule has 0 aliphatic rings. The molecule has 124 valence electrons. The first-order chi connectivity index (χ1) is 12.1. The fourth-order valence-electron chi connectivity index (χ4n) is 2.04. The molecule has 0 saturated heterocycles. The van der Waals surface area contributed by atoms with Gasteiger partial charge in [-0.15, -0.1) is 0 Å². The van der Waals surface area contributed by atoms with Crippen LogP contribution in [-0.4, -0.2) is 25.8 Å². The van der Waals surface area contributed by atoms with Crippen LogP contribution in [0.15, 0.2) is 93.1 Å². The van der Waals surface area contributed by atoms with Gasteiger partial charge in [0.2, 0.25) is 0 Å². The van der Waals surface area contributed by atoms with Crippen molar-refractivity contribution in [1.82, 2.24) is 4.98 Å². The van der Waals surface area contributed by atoms with Crippen molar-refractivity contribution in [1.29, 1.82) is 0 Å². The molecule has 25 heavy (non-hydrogen) atoms. The van der Waals surface area contributed by atoms with E-state index in [9.17, 15) is 8.42 Å². The monoisotopic (exact) mass is 349 g/mol. The van der Waals surface area contributed by atoms with Crippen molar-refractivity contribution >= 4 is 28.1 Å². The molecular weight excluding hydrogens is 334 g/mol. The van der Waals surface area contributed by atoms with Gasteiger partial charge in [-0.3, -0.25) is 4.99 Å². The molecule has 0 atom stereocenters. The van der Waals surface area contributed by atoms with Gasteiger partial charge in [-0.25, -0.2) is 4.98 Å². The van der Waals surface area contributed by atoms with Crippen LogP contribution in [0.4, 0.5) is 5.69 Å². The lowest BCUT2D eigenvalue weighted by Crippen LogP contribution is -1.99. The SMILES string of the molecule is O=S(=O)(/N=C/c1cccc(C=Nc2ccccc2)n1)c1ccccc1. The average Bonchev–Trinajstić information content (AvgIpc) is 2.67. The van der Waals surface area contributed by atoms with Gasteiger partial charge in [0.15, 0.2) is 0 Å². The maximum Gasteiger partial charge on any atom is 0.282 e. The molecule has 0 aliphatic heterocycles. The number of benzene rings is 2. The highest BCUT2D eigenvalue weighted by atomic mass is 32.2. The lowest BCUT2D eigenvalue weighted by Gasteiger charge is -1.98. The molecule has 1 aromatic heterocycles. The first kappa shape index (κ1) is 16.7. The van der Waals surface area contributed by atoms with Gasteiger partial charge < -0.3 is 0 Å². The Morgan fingerprint density at radius 2 is 1.32 bits per heavy atom. The molecular formula is C19H15N3O2S. The van der Waals surface area contributed by atoms with Crippen LogP contribution in [0.5, 0.6) is 0 Å². The van der Waals surface area contributed by atoms with Crippen molar-refractivity contribution in [2.24, 2.45) is 9.39 Å². The summed E-state index contributed by atoms with van der Waals surface area (Å²) in [5.74, 6) is 0. The second-order valence-corrected chi connectivity index (χ2v) is 6.74. The van der Waals surface area contributed by atoms with E-state index >= 15 is 0 Å². The number of hydrogen-bond acceptors (Lipinski definition) is 4. The number of hydrogen-bond donors (Lipinski definition) is 0. The van der Waals surface area contributed by atoms with E-state index < -0.39 is 10.0 Å². The van der Waals surface area contributed by atoms with Crippen molar-refractivity contribution in [3.8, 4) is 0 Å². The molecule has 0 fully saturated rings. The van der Waals surface area contributed by atoms with Crippen LogP contribution in [0.2, 0.25) is 0 Å². The van der Waals surface area contributed by atoms with Crippen LogP contribution < -0.4 is 0 Å². The van der Waals surface area contributed by atoms with Crippen LogP contribution in [0.25, 0.3) is 0 Å². The zero-order valence-corrected chi connectivity index (χ0v) is 14.0. The molecule has 0 saturated carbocycles. The summed E-state index contributed by atoms with van der Waals surface area (Å²) in [4.78, 5) is 8.79. The normalized spacial score (nSPS) is 12.0. The fourth-order valence-corrected chi connectivity index (χ4v) is 2.91. The van der Waals surface area contributed by atoms with Crippen molar-refractivity contribution in [2.45, 2.75) is 4.90 Å².